The van der Waals surface area contributed by atoms with Crippen LogP contribution in [0.1, 0.15) is 219 Å². The molecule has 0 rings (SSSR count). The highest BCUT2D eigenvalue weighted by Gasteiger charge is 2.26. The molecular formula is C49H92NO8P. The Kier molecular flexibility index (Phi) is 43.0. The Bertz CT molecular complexity index is 1080. The molecule has 0 spiro atoms. The largest absolute Gasteiger partial charge is 0.472 e. The number of hydrogen-bond acceptors (Lipinski definition) is 8. The molecule has 0 radical (unpaired) electrons. The Morgan fingerprint density at radius 2 is 0.966 bits per heavy atom. The fraction of sp³-hybridized carbons (Fsp3) is 0.837. The summed E-state index contributed by atoms with van der Waals surface area (Å²) in [7, 11) is -0.718. The molecule has 346 valence electrons. The number of rotatable bonds is 45. The SMILES string of the molecule is CC/C=C\C/C=C\C/C=C\CCCCCCCC(=O)OC(COC(=O)CCCCCCCCCCCCCCCCCCCCCCC)COP(=O)(O)OCCN(C)C. The van der Waals surface area contributed by atoms with E-state index in [4.69, 9.17) is 18.5 Å². The summed E-state index contributed by atoms with van der Waals surface area (Å²) < 4.78 is 33.5. The van der Waals surface area contributed by atoms with E-state index in [1.807, 2.05) is 19.0 Å². The fourth-order valence-electron chi connectivity index (χ4n) is 6.76. The van der Waals surface area contributed by atoms with Crippen molar-refractivity contribution in [2.75, 3.05) is 40.5 Å². The van der Waals surface area contributed by atoms with E-state index in [1.165, 1.54) is 116 Å². The van der Waals surface area contributed by atoms with Crippen LogP contribution in [0.5, 0.6) is 0 Å². The van der Waals surface area contributed by atoms with Crippen LogP contribution in [0.15, 0.2) is 36.5 Å². The quantitative estimate of drug-likeness (QED) is 0.0277. The van der Waals surface area contributed by atoms with Crippen molar-refractivity contribution in [1.29, 1.82) is 0 Å². The zero-order valence-corrected chi connectivity index (χ0v) is 39.6. The first-order valence-corrected chi connectivity index (χ1v) is 25.8. The molecule has 9 nitrogen and oxygen atoms in total. The zero-order valence-electron chi connectivity index (χ0n) is 38.7. The molecule has 0 saturated heterocycles. The number of hydrogen-bond donors (Lipinski definition) is 1. The second-order valence-corrected chi connectivity index (χ2v) is 18.1. The van der Waals surface area contributed by atoms with Gasteiger partial charge in [0.05, 0.1) is 13.2 Å². The summed E-state index contributed by atoms with van der Waals surface area (Å²) >= 11 is 0. The van der Waals surface area contributed by atoms with Gasteiger partial charge in [-0.1, -0.05) is 198 Å². The van der Waals surface area contributed by atoms with E-state index < -0.39 is 26.5 Å². The second kappa shape index (κ2) is 44.3. The summed E-state index contributed by atoms with van der Waals surface area (Å²) in [4.78, 5) is 37.1. The number of carbonyl (C=O) groups is 2. The summed E-state index contributed by atoms with van der Waals surface area (Å²) in [5.41, 5.74) is 0. The number of carbonyl (C=O) groups excluding carboxylic acids is 2. The van der Waals surface area contributed by atoms with Gasteiger partial charge in [0, 0.05) is 19.4 Å². The monoisotopic (exact) mass is 854 g/mol. The summed E-state index contributed by atoms with van der Waals surface area (Å²) in [5.74, 6) is -0.814. The smallest absolute Gasteiger partial charge is 0.462 e. The molecule has 0 saturated carbocycles. The predicted octanol–water partition coefficient (Wildman–Crippen LogP) is 14.3. The summed E-state index contributed by atoms with van der Waals surface area (Å²) in [5, 5.41) is 0. The third-order valence-corrected chi connectivity index (χ3v) is 11.4. The van der Waals surface area contributed by atoms with Gasteiger partial charge in [-0.25, -0.2) is 4.57 Å². The average molecular weight is 854 g/mol. The Balaban J connectivity index is 4.17. The van der Waals surface area contributed by atoms with Crippen LogP contribution >= 0.6 is 7.82 Å². The lowest BCUT2D eigenvalue weighted by atomic mass is 10.0. The Labute approximate surface area is 363 Å². The van der Waals surface area contributed by atoms with E-state index in [-0.39, 0.29) is 32.0 Å². The van der Waals surface area contributed by atoms with Crippen LogP contribution in [0.2, 0.25) is 0 Å². The highest BCUT2D eigenvalue weighted by molar-refractivity contribution is 7.47. The van der Waals surface area contributed by atoms with Crippen LogP contribution < -0.4 is 0 Å². The van der Waals surface area contributed by atoms with E-state index in [0.717, 1.165) is 70.6 Å². The van der Waals surface area contributed by atoms with E-state index in [0.29, 0.717) is 13.0 Å². The number of esters is 2. The van der Waals surface area contributed by atoms with Crippen molar-refractivity contribution >= 4 is 19.8 Å². The summed E-state index contributed by atoms with van der Waals surface area (Å²) in [6.45, 7) is 4.22. The molecule has 0 aliphatic rings. The van der Waals surface area contributed by atoms with Crippen LogP contribution in [0, 0.1) is 0 Å². The molecule has 0 fully saturated rings. The molecule has 0 aliphatic heterocycles. The summed E-state index contributed by atoms with van der Waals surface area (Å²) in [6, 6.07) is 0. The standard InChI is InChI=1S/C49H92NO8P/c1-5-7-9-11-13-15-17-19-21-22-23-24-25-26-28-29-31-33-35-37-39-41-48(51)55-45-47(46-57-59(53,54)56-44-43-50(3)4)58-49(52)42-40-38-36-34-32-30-27-20-18-16-14-12-10-8-6-2/h8,10,14,16,20,27,47H,5-7,9,11-13,15,17-19,21-26,28-46H2,1-4H3,(H,53,54)/b10-8-,16-14-,27-20-. The van der Waals surface area contributed by atoms with Crippen molar-refractivity contribution in [3.05, 3.63) is 36.5 Å². The minimum absolute atomic E-state index is 0.00452. The Morgan fingerprint density at radius 1 is 0.542 bits per heavy atom. The topological polar surface area (TPSA) is 112 Å². The van der Waals surface area contributed by atoms with Gasteiger partial charge in [-0.2, -0.15) is 0 Å². The minimum Gasteiger partial charge on any atom is -0.462 e. The molecule has 0 heterocycles. The number of nitrogens with zero attached hydrogens (tertiary/aromatic N) is 1. The van der Waals surface area contributed by atoms with E-state index in [1.54, 1.807) is 0 Å². The van der Waals surface area contributed by atoms with Crippen LogP contribution in [-0.4, -0.2) is 68.3 Å². The van der Waals surface area contributed by atoms with Crippen molar-refractivity contribution in [3.8, 4) is 0 Å². The first-order chi connectivity index (χ1) is 28.7. The van der Waals surface area contributed by atoms with Gasteiger partial charge in [-0.05, 0) is 59.0 Å². The number of phosphoric acid groups is 1. The van der Waals surface area contributed by atoms with E-state index in [9.17, 15) is 19.0 Å². The lowest BCUT2D eigenvalue weighted by Crippen LogP contribution is -2.29. The number of phosphoric ester groups is 1. The highest BCUT2D eigenvalue weighted by Crippen LogP contribution is 2.43. The minimum atomic E-state index is -4.37. The van der Waals surface area contributed by atoms with Gasteiger partial charge in [-0.15, -0.1) is 0 Å². The molecule has 0 aromatic rings. The van der Waals surface area contributed by atoms with Gasteiger partial charge in [0.15, 0.2) is 6.10 Å². The molecule has 1 N–H and O–H groups in total. The van der Waals surface area contributed by atoms with E-state index >= 15 is 0 Å². The van der Waals surface area contributed by atoms with Crippen LogP contribution in [0.25, 0.3) is 0 Å². The average Bonchev–Trinajstić information content (AvgIpc) is 3.20. The van der Waals surface area contributed by atoms with Gasteiger partial charge in [0.2, 0.25) is 0 Å². The van der Waals surface area contributed by atoms with Gasteiger partial charge < -0.3 is 19.3 Å². The lowest BCUT2D eigenvalue weighted by molar-refractivity contribution is -0.161. The predicted molar refractivity (Wildman–Crippen MR) is 248 cm³/mol. The first kappa shape index (κ1) is 57.2. The lowest BCUT2D eigenvalue weighted by Gasteiger charge is -2.20. The molecule has 10 heteroatoms. The van der Waals surface area contributed by atoms with Crippen molar-refractivity contribution in [3.63, 3.8) is 0 Å². The number of ether oxygens (including phenoxy) is 2. The molecule has 0 amide bonds. The second-order valence-electron chi connectivity index (χ2n) is 16.6. The number of allylic oxidation sites excluding steroid dienone is 6. The summed E-state index contributed by atoms with van der Waals surface area (Å²) in [6.07, 6.45) is 49.1. The van der Waals surface area contributed by atoms with E-state index in [2.05, 4.69) is 50.3 Å². The molecule has 2 atom stereocenters. The number of likely N-dealkylation sites (N-methyl/N-ethyl adjacent to an activating group) is 1. The zero-order chi connectivity index (χ0) is 43.3. The molecule has 2 unspecified atom stereocenters. The maximum Gasteiger partial charge on any atom is 0.472 e. The number of unbranched alkanes of at least 4 members (excludes halogenated alkanes) is 25. The maximum absolute atomic E-state index is 12.7. The van der Waals surface area contributed by atoms with Crippen molar-refractivity contribution < 1.29 is 37.6 Å². The molecule has 0 aromatic heterocycles. The molecule has 0 aliphatic carbocycles. The normalized spacial score (nSPS) is 13.6. The highest BCUT2D eigenvalue weighted by atomic mass is 31.2. The van der Waals surface area contributed by atoms with Crippen LogP contribution in [-0.2, 0) is 32.7 Å². The molecule has 0 aromatic carbocycles. The van der Waals surface area contributed by atoms with Gasteiger partial charge in [0.1, 0.15) is 6.61 Å². The molecular weight excluding hydrogens is 762 g/mol. The van der Waals surface area contributed by atoms with Crippen LogP contribution in [0.4, 0.5) is 0 Å². The van der Waals surface area contributed by atoms with Crippen molar-refractivity contribution in [2.45, 2.75) is 225 Å². The van der Waals surface area contributed by atoms with Crippen molar-refractivity contribution in [1.82, 2.24) is 4.90 Å². The van der Waals surface area contributed by atoms with Crippen molar-refractivity contribution in [2.24, 2.45) is 0 Å². The Hall–Kier alpha value is -1.77. The van der Waals surface area contributed by atoms with Crippen LogP contribution in [0.3, 0.4) is 0 Å². The Morgan fingerprint density at radius 3 is 1.44 bits per heavy atom. The fourth-order valence-corrected chi connectivity index (χ4v) is 7.50. The molecule has 59 heavy (non-hydrogen) atoms. The third kappa shape index (κ3) is 45.6. The maximum atomic E-state index is 12.7. The third-order valence-electron chi connectivity index (χ3n) is 10.5. The molecule has 0 bridgehead atoms. The first-order valence-electron chi connectivity index (χ1n) is 24.3. The van der Waals surface area contributed by atoms with Gasteiger partial charge >= 0.3 is 19.8 Å². The van der Waals surface area contributed by atoms with Gasteiger partial charge in [-0.3, -0.25) is 18.6 Å². The van der Waals surface area contributed by atoms with Gasteiger partial charge in [0.25, 0.3) is 0 Å².